The molecule has 90 valence electrons. The number of nitrogens with two attached hydrogens (primary N) is 1. The second-order valence-electron chi connectivity index (χ2n) is 3.81. The lowest BCUT2D eigenvalue weighted by Gasteiger charge is -2.05. The number of benzene rings is 1. The van der Waals surface area contributed by atoms with Gasteiger partial charge in [-0.05, 0) is 40.5 Å². The fraction of sp³-hybridized carbons (Fsp3) is 0.250. The summed E-state index contributed by atoms with van der Waals surface area (Å²) in [6.45, 7) is 3.68. The lowest BCUT2D eigenvalue weighted by molar-refractivity contribution is 0.700. The molecule has 0 saturated carbocycles. The van der Waals surface area contributed by atoms with Crippen molar-refractivity contribution in [3.8, 4) is 0 Å². The molecule has 3 N–H and O–H groups in total. The van der Waals surface area contributed by atoms with Crippen LogP contribution < -0.4 is 11.1 Å². The number of aromatic nitrogens is 1. The van der Waals surface area contributed by atoms with E-state index < -0.39 is 0 Å². The first-order valence-corrected chi connectivity index (χ1v) is 6.92. The van der Waals surface area contributed by atoms with Gasteiger partial charge in [-0.2, -0.15) is 0 Å². The molecular formula is C12H14BrN3S. The summed E-state index contributed by atoms with van der Waals surface area (Å²) in [5.41, 5.74) is 7.79. The van der Waals surface area contributed by atoms with Gasteiger partial charge in [-0.25, -0.2) is 4.98 Å². The molecule has 1 aromatic heterocycles. The molecule has 17 heavy (non-hydrogen) atoms. The molecule has 3 nitrogen and oxygen atoms in total. The van der Waals surface area contributed by atoms with Crippen LogP contribution in [0, 0.1) is 6.92 Å². The van der Waals surface area contributed by atoms with E-state index in [1.54, 1.807) is 11.3 Å². The van der Waals surface area contributed by atoms with Crippen molar-refractivity contribution in [1.29, 1.82) is 0 Å². The largest absolute Gasteiger partial charge is 0.398 e. The highest BCUT2D eigenvalue weighted by atomic mass is 79.9. The van der Waals surface area contributed by atoms with E-state index >= 15 is 0 Å². The molecule has 0 aliphatic rings. The minimum absolute atomic E-state index is 0.776. The van der Waals surface area contributed by atoms with Gasteiger partial charge in [0.05, 0.1) is 5.01 Å². The minimum Gasteiger partial charge on any atom is -0.398 e. The maximum absolute atomic E-state index is 5.82. The van der Waals surface area contributed by atoms with Crippen LogP contribution in [-0.4, -0.2) is 4.98 Å². The van der Waals surface area contributed by atoms with Gasteiger partial charge in [0.15, 0.2) is 0 Å². The Labute approximate surface area is 113 Å². The van der Waals surface area contributed by atoms with Crippen LogP contribution in [0.1, 0.15) is 15.4 Å². The van der Waals surface area contributed by atoms with E-state index in [0.717, 1.165) is 28.3 Å². The van der Waals surface area contributed by atoms with Crippen LogP contribution >= 0.6 is 27.3 Å². The molecule has 0 fully saturated rings. The van der Waals surface area contributed by atoms with E-state index in [1.807, 2.05) is 25.3 Å². The van der Waals surface area contributed by atoms with Crippen LogP contribution in [0.2, 0.25) is 0 Å². The zero-order valence-electron chi connectivity index (χ0n) is 9.53. The van der Waals surface area contributed by atoms with E-state index in [2.05, 4.69) is 32.3 Å². The van der Waals surface area contributed by atoms with Gasteiger partial charge >= 0.3 is 0 Å². The molecule has 0 unspecified atom stereocenters. The lowest BCUT2D eigenvalue weighted by atomic mass is 10.2. The normalized spacial score (nSPS) is 10.7. The first-order valence-electron chi connectivity index (χ1n) is 5.31. The molecule has 1 aromatic carbocycles. The number of hydrogen-bond donors (Lipinski definition) is 2. The van der Waals surface area contributed by atoms with Crippen LogP contribution in [0.25, 0.3) is 0 Å². The summed E-state index contributed by atoms with van der Waals surface area (Å²) in [6, 6.07) is 6.02. The van der Waals surface area contributed by atoms with Gasteiger partial charge in [-0.1, -0.05) is 6.07 Å². The number of thiazole rings is 1. The topological polar surface area (TPSA) is 50.9 Å². The van der Waals surface area contributed by atoms with Crippen LogP contribution in [0.4, 0.5) is 5.69 Å². The number of anilines is 1. The second-order valence-corrected chi connectivity index (χ2v) is 5.98. The van der Waals surface area contributed by atoms with Crippen molar-refractivity contribution in [2.45, 2.75) is 20.0 Å². The number of halogens is 1. The standard InChI is InChI=1S/C12H14BrN3S/c1-8-16-7-10(17-8)6-15-5-9-2-3-11(13)12(14)4-9/h2-4,7,15H,5-6,14H2,1H3. The summed E-state index contributed by atoms with van der Waals surface area (Å²) in [4.78, 5) is 5.48. The maximum atomic E-state index is 5.82. The average Bonchev–Trinajstić information content (AvgIpc) is 2.70. The third-order valence-electron chi connectivity index (χ3n) is 2.36. The lowest BCUT2D eigenvalue weighted by Crippen LogP contribution is -2.11. The Hall–Kier alpha value is -0.910. The van der Waals surface area contributed by atoms with Crippen molar-refractivity contribution in [2.75, 3.05) is 5.73 Å². The van der Waals surface area contributed by atoms with Crippen molar-refractivity contribution in [1.82, 2.24) is 10.3 Å². The predicted molar refractivity (Wildman–Crippen MR) is 75.9 cm³/mol. The fourth-order valence-corrected chi connectivity index (χ4v) is 2.53. The SMILES string of the molecule is Cc1ncc(CNCc2ccc(Br)c(N)c2)s1. The Balaban J connectivity index is 1.87. The molecule has 0 amide bonds. The maximum Gasteiger partial charge on any atom is 0.0897 e. The molecule has 0 radical (unpaired) electrons. The Morgan fingerprint density at radius 1 is 1.41 bits per heavy atom. The fourth-order valence-electron chi connectivity index (χ4n) is 1.52. The Morgan fingerprint density at radius 2 is 2.24 bits per heavy atom. The van der Waals surface area contributed by atoms with Gasteiger partial charge in [0.25, 0.3) is 0 Å². The first kappa shape index (κ1) is 12.5. The number of hydrogen-bond acceptors (Lipinski definition) is 4. The molecule has 1 heterocycles. The van der Waals surface area contributed by atoms with Gasteiger partial charge in [0, 0.05) is 34.3 Å². The van der Waals surface area contributed by atoms with E-state index in [-0.39, 0.29) is 0 Å². The Kier molecular flexibility index (Phi) is 4.15. The zero-order valence-corrected chi connectivity index (χ0v) is 11.9. The van der Waals surface area contributed by atoms with Crippen molar-refractivity contribution in [3.63, 3.8) is 0 Å². The van der Waals surface area contributed by atoms with E-state index in [9.17, 15) is 0 Å². The summed E-state index contributed by atoms with van der Waals surface area (Å²) < 4.78 is 0.944. The summed E-state index contributed by atoms with van der Waals surface area (Å²) in [5.74, 6) is 0. The summed E-state index contributed by atoms with van der Waals surface area (Å²) >= 11 is 5.11. The number of aryl methyl sites for hydroxylation is 1. The Morgan fingerprint density at radius 3 is 2.88 bits per heavy atom. The monoisotopic (exact) mass is 311 g/mol. The molecular weight excluding hydrogens is 298 g/mol. The van der Waals surface area contributed by atoms with Crippen molar-refractivity contribution < 1.29 is 0 Å². The number of nitrogen functional groups attached to an aromatic ring is 1. The molecule has 2 rings (SSSR count). The van der Waals surface area contributed by atoms with E-state index in [0.29, 0.717) is 0 Å². The minimum atomic E-state index is 0.776. The molecule has 0 atom stereocenters. The van der Waals surface area contributed by atoms with Crippen LogP contribution in [0.5, 0.6) is 0 Å². The third-order valence-corrected chi connectivity index (χ3v) is 3.99. The van der Waals surface area contributed by atoms with Crippen LogP contribution in [-0.2, 0) is 13.1 Å². The van der Waals surface area contributed by atoms with Crippen molar-refractivity contribution >= 4 is 33.0 Å². The molecule has 0 bridgehead atoms. The molecule has 2 aromatic rings. The van der Waals surface area contributed by atoms with Crippen LogP contribution in [0.3, 0.4) is 0 Å². The predicted octanol–water partition coefficient (Wildman–Crippen LogP) is 3.09. The van der Waals surface area contributed by atoms with Gasteiger partial charge in [0.1, 0.15) is 0 Å². The van der Waals surface area contributed by atoms with Crippen molar-refractivity contribution in [3.05, 3.63) is 44.3 Å². The number of rotatable bonds is 4. The van der Waals surface area contributed by atoms with Gasteiger partial charge in [-0.15, -0.1) is 11.3 Å². The van der Waals surface area contributed by atoms with Gasteiger partial charge in [0.2, 0.25) is 0 Å². The average molecular weight is 312 g/mol. The van der Waals surface area contributed by atoms with E-state index in [4.69, 9.17) is 5.73 Å². The van der Waals surface area contributed by atoms with Crippen molar-refractivity contribution in [2.24, 2.45) is 0 Å². The summed E-state index contributed by atoms with van der Waals surface area (Å²) in [7, 11) is 0. The molecule has 5 heteroatoms. The second kappa shape index (κ2) is 5.62. The molecule has 0 saturated heterocycles. The number of nitrogens with zero attached hydrogens (tertiary/aromatic N) is 1. The highest BCUT2D eigenvalue weighted by Gasteiger charge is 2.00. The van der Waals surface area contributed by atoms with E-state index in [1.165, 1.54) is 10.4 Å². The summed E-state index contributed by atoms with van der Waals surface area (Å²) in [5, 5.41) is 4.48. The number of nitrogens with one attached hydrogen (secondary N) is 1. The highest BCUT2D eigenvalue weighted by Crippen LogP contribution is 2.20. The highest BCUT2D eigenvalue weighted by molar-refractivity contribution is 9.10. The molecule has 0 aliphatic carbocycles. The zero-order chi connectivity index (χ0) is 12.3. The summed E-state index contributed by atoms with van der Waals surface area (Å²) in [6.07, 6.45) is 1.92. The molecule has 0 aliphatic heterocycles. The smallest absolute Gasteiger partial charge is 0.0897 e. The quantitative estimate of drug-likeness (QED) is 0.853. The van der Waals surface area contributed by atoms with Crippen LogP contribution in [0.15, 0.2) is 28.9 Å². The Bertz CT molecular complexity index is 510. The molecule has 0 spiro atoms. The third kappa shape index (κ3) is 3.52. The van der Waals surface area contributed by atoms with Gasteiger partial charge in [-0.3, -0.25) is 0 Å². The van der Waals surface area contributed by atoms with Gasteiger partial charge < -0.3 is 11.1 Å². The first-order chi connectivity index (χ1) is 8.15.